The summed E-state index contributed by atoms with van der Waals surface area (Å²) >= 11 is 0. The maximum absolute atomic E-state index is 3.26. The van der Waals surface area contributed by atoms with Crippen molar-refractivity contribution >= 4 is 0 Å². The second kappa shape index (κ2) is 11.1. The quantitative estimate of drug-likeness (QED) is 0.318. The molecule has 0 aromatic heterocycles. The molecule has 0 amide bonds. The molecule has 0 nitrogen and oxygen atoms in total. The van der Waals surface area contributed by atoms with Crippen molar-refractivity contribution in [2.24, 2.45) is 0 Å². The third-order valence-corrected chi connectivity index (χ3v) is 3.64. The van der Waals surface area contributed by atoms with Gasteiger partial charge < -0.3 is 24.8 Å². The van der Waals surface area contributed by atoms with Crippen LogP contribution in [0, 0.1) is 12.2 Å². The maximum Gasteiger partial charge on any atom is 4.00 e. The zero-order valence-corrected chi connectivity index (χ0v) is 17.8. The normalized spacial score (nSPS) is 16.5. The van der Waals surface area contributed by atoms with Crippen LogP contribution in [0.25, 0.3) is 0 Å². The molecule has 0 bridgehead atoms. The minimum absolute atomic E-state index is 0. The summed E-state index contributed by atoms with van der Waals surface area (Å²) < 4.78 is 0. The standard InChI is InChI=1S/2C8H11.2ClH.Hf/c2*1-6-4-5-7(2)8(6)3;;;/h2*4H2,1-3H3;2*1H;/q2*-1;;;+4/p-2. The first-order chi connectivity index (χ1) is 7.43. The van der Waals surface area contributed by atoms with Gasteiger partial charge in [-0.05, 0) is 0 Å². The summed E-state index contributed by atoms with van der Waals surface area (Å²) in [5.74, 6) is 0. The van der Waals surface area contributed by atoms with E-state index in [-0.39, 0.29) is 50.7 Å². The van der Waals surface area contributed by atoms with Crippen molar-refractivity contribution in [3.8, 4) is 0 Å². The average Bonchev–Trinajstić information content (AvgIpc) is 2.70. The molecule has 0 aromatic rings. The summed E-state index contributed by atoms with van der Waals surface area (Å²) in [6.07, 6.45) is 8.63. The molecule has 0 spiro atoms. The summed E-state index contributed by atoms with van der Waals surface area (Å²) in [7, 11) is 0. The summed E-state index contributed by atoms with van der Waals surface area (Å²) in [5.41, 5.74) is 8.49. The Balaban J connectivity index is -0.000000233. The van der Waals surface area contributed by atoms with E-state index in [9.17, 15) is 0 Å². The van der Waals surface area contributed by atoms with Crippen LogP contribution in [-0.4, -0.2) is 0 Å². The van der Waals surface area contributed by atoms with Gasteiger partial charge in [-0.2, -0.15) is 22.3 Å². The van der Waals surface area contributed by atoms with Gasteiger partial charge in [-0.15, -0.1) is 26.7 Å². The Morgan fingerprint density at radius 3 is 0.947 bits per heavy atom. The van der Waals surface area contributed by atoms with Crippen molar-refractivity contribution in [2.75, 3.05) is 0 Å². The predicted octanol–water partition coefficient (Wildman–Crippen LogP) is -1.04. The zero-order valence-electron chi connectivity index (χ0n) is 12.7. The minimum Gasteiger partial charge on any atom is -1.00 e. The fourth-order valence-electron chi connectivity index (χ4n) is 1.70. The zero-order chi connectivity index (χ0) is 12.3. The van der Waals surface area contributed by atoms with Crippen molar-refractivity contribution in [1.29, 1.82) is 0 Å². The Morgan fingerprint density at radius 1 is 0.632 bits per heavy atom. The summed E-state index contributed by atoms with van der Waals surface area (Å²) in [5, 5.41) is 0. The third kappa shape index (κ3) is 7.11. The van der Waals surface area contributed by atoms with Gasteiger partial charge in [0.05, 0.1) is 0 Å². The van der Waals surface area contributed by atoms with Crippen molar-refractivity contribution in [3.63, 3.8) is 0 Å². The molecule has 0 saturated heterocycles. The molecule has 0 aliphatic heterocycles. The third-order valence-electron chi connectivity index (χ3n) is 3.64. The van der Waals surface area contributed by atoms with E-state index in [0.29, 0.717) is 0 Å². The van der Waals surface area contributed by atoms with E-state index < -0.39 is 0 Å². The SMILES string of the molecule is CC1=[C-]CC(C)=C1C.CC1=[C-]CC(C)=C1C.[Cl-].[Cl-].[Hf+4]. The van der Waals surface area contributed by atoms with Crippen LogP contribution in [0.5, 0.6) is 0 Å². The molecule has 0 aromatic carbocycles. The van der Waals surface area contributed by atoms with Gasteiger partial charge in [-0.25, -0.2) is 11.1 Å². The summed E-state index contributed by atoms with van der Waals surface area (Å²) in [6, 6.07) is 0. The van der Waals surface area contributed by atoms with Crippen molar-refractivity contribution in [2.45, 2.75) is 54.4 Å². The van der Waals surface area contributed by atoms with Gasteiger partial charge in [-0.1, -0.05) is 27.7 Å². The Morgan fingerprint density at radius 2 is 0.895 bits per heavy atom. The Kier molecular flexibility index (Phi) is 14.3. The molecule has 104 valence electrons. The van der Waals surface area contributed by atoms with Crippen LogP contribution in [-0.2, 0) is 25.8 Å². The Hall–Kier alpha value is 0.410. The number of rotatable bonds is 0. The molecule has 0 unspecified atom stereocenters. The first-order valence-corrected chi connectivity index (χ1v) is 5.91. The van der Waals surface area contributed by atoms with Crippen molar-refractivity contribution in [3.05, 3.63) is 45.6 Å². The van der Waals surface area contributed by atoms with E-state index in [4.69, 9.17) is 0 Å². The first kappa shape index (κ1) is 24.4. The summed E-state index contributed by atoms with van der Waals surface area (Å²) in [6.45, 7) is 12.9. The van der Waals surface area contributed by atoms with E-state index in [1.807, 2.05) is 0 Å². The minimum atomic E-state index is 0. The molecular formula is C16H22Cl2Hf. The van der Waals surface area contributed by atoms with E-state index in [1.54, 1.807) is 0 Å². The van der Waals surface area contributed by atoms with Crippen molar-refractivity contribution < 1.29 is 50.7 Å². The molecule has 0 heterocycles. The molecule has 0 atom stereocenters. The van der Waals surface area contributed by atoms with Crippen LogP contribution in [0.15, 0.2) is 33.4 Å². The Labute approximate surface area is 150 Å². The van der Waals surface area contributed by atoms with Gasteiger partial charge in [0.25, 0.3) is 0 Å². The van der Waals surface area contributed by atoms with Crippen LogP contribution in [0.1, 0.15) is 54.4 Å². The first-order valence-electron chi connectivity index (χ1n) is 5.91. The maximum atomic E-state index is 3.26. The topological polar surface area (TPSA) is 0 Å². The molecule has 2 aliphatic rings. The molecule has 0 fully saturated rings. The van der Waals surface area contributed by atoms with E-state index in [0.717, 1.165) is 12.8 Å². The second-order valence-electron chi connectivity index (χ2n) is 4.77. The molecule has 0 N–H and O–H groups in total. The van der Waals surface area contributed by atoms with E-state index in [2.05, 4.69) is 53.7 Å². The van der Waals surface area contributed by atoms with Gasteiger partial charge in [-0.3, -0.25) is 12.2 Å². The number of halogens is 2. The number of hydrogen-bond donors (Lipinski definition) is 0. The molecular weight excluding hydrogens is 442 g/mol. The van der Waals surface area contributed by atoms with Crippen LogP contribution in [0.2, 0.25) is 0 Å². The van der Waals surface area contributed by atoms with E-state index >= 15 is 0 Å². The second-order valence-corrected chi connectivity index (χ2v) is 4.77. The summed E-state index contributed by atoms with van der Waals surface area (Å²) in [4.78, 5) is 0. The van der Waals surface area contributed by atoms with Gasteiger partial charge in [0, 0.05) is 0 Å². The van der Waals surface area contributed by atoms with Crippen LogP contribution in [0.4, 0.5) is 0 Å². The molecule has 2 aliphatic carbocycles. The van der Waals surface area contributed by atoms with Crippen LogP contribution < -0.4 is 24.8 Å². The molecule has 3 heteroatoms. The van der Waals surface area contributed by atoms with Gasteiger partial charge in [0.1, 0.15) is 0 Å². The smallest absolute Gasteiger partial charge is 1.00 e. The van der Waals surface area contributed by atoms with Gasteiger partial charge >= 0.3 is 25.8 Å². The molecule has 0 saturated carbocycles. The average molecular weight is 464 g/mol. The number of allylic oxidation sites excluding steroid dienone is 8. The molecule has 0 radical (unpaired) electrons. The number of hydrogen-bond acceptors (Lipinski definition) is 0. The van der Waals surface area contributed by atoms with E-state index in [1.165, 1.54) is 33.4 Å². The van der Waals surface area contributed by atoms with Crippen molar-refractivity contribution in [1.82, 2.24) is 0 Å². The fourth-order valence-corrected chi connectivity index (χ4v) is 1.70. The van der Waals surface area contributed by atoms with Crippen LogP contribution in [0.3, 0.4) is 0 Å². The fraction of sp³-hybridized carbons (Fsp3) is 0.500. The molecule has 2 rings (SSSR count). The van der Waals surface area contributed by atoms with Crippen LogP contribution >= 0.6 is 0 Å². The van der Waals surface area contributed by atoms with Gasteiger partial charge in [0.15, 0.2) is 0 Å². The van der Waals surface area contributed by atoms with Gasteiger partial charge in [0.2, 0.25) is 0 Å². The Bertz CT molecular complexity index is 361. The monoisotopic (exact) mass is 464 g/mol. The molecule has 19 heavy (non-hydrogen) atoms. The largest absolute Gasteiger partial charge is 4.00 e. The predicted molar refractivity (Wildman–Crippen MR) is 70.8 cm³/mol.